The number of hydrogen-bond acceptors (Lipinski definition) is 6. The maximum absolute atomic E-state index is 12.3. The SMILES string of the molecule is COC(=O)Cc1ccc2c(c1)NC(=O)[C@H](CCOC(=O)C1CCCCC1)O2. The van der Waals surface area contributed by atoms with E-state index in [1.165, 1.54) is 13.5 Å². The third-order valence-electron chi connectivity index (χ3n) is 5.00. The smallest absolute Gasteiger partial charge is 0.309 e. The fourth-order valence-electron chi connectivity index (χ4n) is 3.46. The molecule has 1 heterocycles. The molecule has 1 fully saturated rings. The summed E-state index contributed by atoms with van der Waals surface area (Å²) in [6.07, 6.45) is 4.82. The van der Waals surface area contributed by atoms with Crippen LogP contribution in [0.4, 0.5) is 5.69 Å². The number of hydrogen-bond donors (Lipinski definition) is 1. The molecule has 27 heavy (non-hydrogen) atoms. The molecular formula is C20H25NO6. The Morgan fingerprint density at radius 3 is 2.74 bits per heavy atom. The Morgan fingerprint density at radius 1 is 1.22 bits per heavy atom. The van der Waals surface area contributed by atoms with E-state index in [1.807, 2.05) is 0 Å². The summed E-state index contributed by atoms with van der Waals surface area (Å²) in [6, 6.07) is 5.17. The highest BCUT2D eigenvalue weighted by Gasteiger charge is 2.29. The second kappa shape index (κ2) is 8.88. The first kappa shape index (κ1) is 19.2. The van der Waals surface area contributed by atoms with Crippen LogP contribution in [0.5, 0.6) is 5.75 Å². The molecule has 3 rings (SSSR count). The van der Waals surface area contributed by atoms with Gasteiger partial charge in [-0.3, -0.25) is 14.4 Å². The summed E-state index contributed by atoms with van der Waals surface area (Å²) in [5.74, 6) is -0.276. The Bertz CT molecular complexity index is 710. The zero-order valence-corrected chi connectivity index (χ0v) is 15.5. The number of ether oxygens (including phenoxy) is 3. The first-order chi connectivity index (χ1) is 13.1. The Balaban J connectivity index is 1.51. The van der Waals surface area contributed by atoms with Crippen molar-refractivity contribution < 1.29 is 28.6 Å². The lowest BCUT2D eigenvalue weighted by atomic mass is 9.89. The highest BCUT2D eigenvalue weighted by atomic mass is 16.5. The number of benzene rings is 1. The highest BCUT2D eigenvalue weighted by molar-refractivity contribution is 5.98. The van der Waals surface area contributed by atoms with Crippen LogP contribution in [0.15, 0.2) is 18.2 Å². The Morgan fingerprint density at radius 2 is 2.00 bits per heavy atom. The molecule has 1 atom stereocenters. The largest absolute Gasteiger partial charge is 0.478 e. The van der Waals surface area contributed by atoms with E-state index in [0.717, 1.165) is 31.2 Å². The van der Waals surface area contributed by atoms with Crippen molar-refractivity contribution in [3.63, 3.8) is 0 Å². The number of nitrogens with one attached hydrogen (secondary N) is 1. The zero-order valence-electron chi connectivity index (χ0n) is 15.5. The van der Waals surface area contributed by atoms with E-state index in [2.05, 4.69) is 10.1 Å². The molecule has 1 aromatic carbocycles. The topological polar surface area (TPSA) is 90.9 Å². The molecule has 1 aliphatic carbocycles. The maximum atomic E-state index is 12.3. The van der Waals surface area contributed by atoms with Crippen LogP contribution < -0.4 is 10.1 Å². The van der Waals surface area contributed by atoms with Gasteiger partial charge in [0.05, 0.1) is 31.7 Å². The van der Waals surface area contributed by atoms with Gasteiger partial charge in [-0.2, -0.15) is 0 Å². The number of rotatable bonds is 6. The number of anilines is 1. The summed E-state index contributed by atoms with van der Waals surface area (Å²) in [5, 5.41) is 2.79. The van der Waals surface area contributed by atoms with Crippen molar-refractivity contribution in [2.24, 2.45) is 5.92 Å². The number of esters is 2. The molecule has 1 N–H and O–H groups in total. The Labute approximate surface area is 158 Å². The van der Waals surface area contributed by atoms with Crippen molar-refractivity contribution in [2.75, 3.05) is 19.0 Å². The molecule has 1 amide bonds. The van der Waals surface area contributed by atoms with Gasteiger partial charge in [0, 0.05) is 6.42 Å². The van der Waals surface area contributed by atoms with E-state index in [4.69, 9.17) is 9.47 Å². The molecule has 146 valence electrons. The molecule has 0 unspecified atom stereocenters. The number of fused-ring (bicyclic) bond motifs is 1. The lowest BCUT2D eigenvalue weighted by molar-refractivity contribution is -0.150. The van der Waals surface area contributed by atoms with Crippen LogP contribution in [0.3, 0.4) is 0 Å². The van der Waals surface area contributed by atoms with Gasteiger partial charge in [0.2, 0.25) is 0 Å². The van der Waals surface area contributed by atoms with E-state index in [9.17, 15) is 14.4 Å². The molecule has 0 spiro atoms. The average Bonchev–Trinajstić information content (AvgIpc) is 2.69. The van der Waals surface area contributed by atoms with Crippen molar-refractivity contribution in [3.8, 4) is 5.75 Å². The van der Waals surface area contributed by atoms with Crippen molar-refractivity contribution in [1.82, 2.24) is 0 Å². The molecule has 1 saturated carbocycles. The molecule has 7 nitrogen and oxygen atoms in total. The van der Waals surface area contributed by atoms with E-state index in [0.29, 0.717) is 17.9 Å². The number of carbonyl (C=O) groups is 3. The van der Waals surface area contributed by atoms with Gasteiger partial charge in [-0.05, 0) is 30.5 Å². The maximum Gasteiger partial charge on any atom is 0.309 e. The second-order valence-electron chi connectivity index (χ2n) is 6.97. The van der Waals surface area contributed by atoms with Crippen LogP contribution in [0.25, 0.3) is 0 Å². The predicted molar refractivity (Wildman–Crippen MR) is 97.4 cm³/mol. The summed E-state index contributed by atoms with van der Waals surface area (Å²) in [6.45, 7) is 0.156. The van der Waals surface area contributed by atoms with Gasteiger partial charge in [-0.1, -0.05) is 25.3 Å². The van der Waals surface area contributed by atoms with Crippen molar-refractivity contribution in [1.29, 1.82) is 0 Å². The molecule has 1 aliphatic heterocycles. The summed E-state index contributed by atoms with van der Waals surface area (Å²) in [7, 11) is 1.33. The summed E-state index contributed by atoms with van der Waals surface area (Å²) < 4.78 is 15.7. The zero-order chi connectivity index (χ0) is 19.2. The molecule has 7 heteroatoms. The monoisotopic (exact) mass is 375 g/mol. The summed E-state index contributed by atoms with van der Waals surface area (Å²) >= 11 is 0. The first-order valence-electron chi connectivity index (χ1n) is 9.40. The molecule has 1 aromatic rings. The third kappa shape index (κ3) is 4.99. The molecule has 0 radical (unpaired) electrons. The van der Waals surface area contributed by atoms with Crippen LogP contribution in [-0.2, 0) is 30.3 Å². The van der Waals surface area contributed by atoms with Gasteiger partial charge >= 0.3 is 11.9 Å². The van der Waals surface area contributed by atoms with Gasteiger partial charge in [0.25, 0.3) is 5.91 Å². The molecule has 0 bridgehead atoms. The fraction of sp³-hybridized carbons (Fsp3) is 0.550. The minimum atomic E-state index is -0.705. The fourth-order valence-corrected chi connectivity index (χ4v) is 3.46. The van der Waals surface area contributed by atoms with Crippen LogP contribution in [0.2, 0.25) is 0 Å². The Kier molecular flexibility index (Phi) is 6.32. The average molecular weight is 375 g/mol. The van der Waals surface area contributed by atoms with E-state index in [1.54, 1.807) is 18.2 Å². The Hall–Kier alpha value is -2.57. The number of carbonyl (C=O) groups excluding carboxylic acids is 3. The highest BCUT2D eigenvalue weighted by Crippen LogP contribution is 2.31. The predicted octanol–water partition coefficient (Wildman–Crippen LogP) is 2.62. The van der Waals surface area contributed by atoms with Crippen molar-refractivity contribution >= 4 is 23.5 Å². The van der Waals surface area contributed by atoms with E-state index >= 15 is 0 Å². The van der Waals surface area contributed by atoms with Gasteiger partial charge < -0.3 is 19.5 Å². The minimum absolute atomic E-state index is 0.00573. The lowest BCUT2D eigenvalue weighted by Crippen LogP contribution is -2.38. The van der Waals surface area contributed by atoms with Crippen molar-refractivity contribution in [2.45, 2.75) is 51.0 Å². The number of amides is 1. The second-order valence-corrected chi connectivity index (χ2v) is 6.97. The summed E-state index contributed by atoms with van der Waals surface area (Å²) in [4.78, 5) is 35.7. The van der Waals surface area contributed by atoms with Gasteiger partial charge in [-0.25, -0.2) is 0 Å². The molecule has 0 saturated heterocycles. The standard InChI is InChI=1S/C20H25NO6/c1-25-18(22)12-13-7-8-16-15(11-13)21-19(23)17(27-16)9-10-26-20(24)14-5-3-2-4-6-14/h7-8,11,14,17H,2-6,9-10,12H2,1H3,(H,21,23)/t17-/m0/s1. The van der Waals surface area contributed by atoms with Gasteiger partial charge in [-0.15, -0.1) is 0 Å². The molecular weight excluding hydrogens is 350 g/mol. The van der Waals surface area contributed by atoms with E-state index in [-0.39, 0.29) is 36.8 Å². The quantitative estimate of drug-likeness (QED) is 0.769. The molecule has 0 aromatic heterocycles. The van der Waals surface area contributed by atoms with Crippen LogP contribution in [0, 0.1) is 5.92 Å². The normalized spacial score (nSPS) is 19.4. The van der Waals surface area contributed by atoms with Gasteiger partial charge in [0.1, 0.15) is 5.75 Å². The minimum Gasteiger partial charge on any atom is -0.478 e. The lowest BCUT2D eigenvalue weighted by Gasteiger charge is -2.26. The van der Waals surface area contributed by atoms with E-state index < -0.39 is 6.10 Å². The summed E-state index contributed by atoms with van der Waals surface area (Å²) in [5.41, 5.74) is 1.25. The first-order valence-corrected chi connectivity index (χ1v) is 9.40. The number of methoxy groups -OCH3 is 1. The molecule has 2 aliphatic rings. The third-order valence-corrected chi connectivity index (χ3v) is 5.00. The van der Waals surface area contributed by atoms with Gasteiger partial charge in [0.15, 0.2) is 6.10 Å². The van der Waals surface area contributed by atoms with Crippen molar-refractivity contribution in [3.05, 3.63) is 23.8 Å². The van der Waals surface area contributed by atoms with Crippen LogP contribution >= 0.6 is 0 Å². The van der Waals surface area contributed by atoms with Crippen LogP contribution in [-0.4, -0.2) is 37.7 Å². The van der Waals surface area contributed by atoms with Crippen LogP contribution in [0.1, 0.15) is 44.1 Å².